The van der Waals surface area contributed by atoms with E-state index >= 15 is 0 Å². The summed E-state index contributed by atoms with van der Waals surface area (Å²) in [5.41, 5.74) is -0.888. The van der Waals surface area contributed by atoms with Crippen molar-refractivity contribution in [3.8, 4) is 23.7 Å². The molecule has 8 nitrogen and oxygen atoms in total. The fourth-order valence-electron chi connectivity index (χ4n) is 2.19. The van der Waals surface area contributed by atoms with Crippen LogP contribution in [0.15, 0.2) is 36.4 Å². The molecule has 0 radical (unpaired) electrons. The summed E-state index contributed by atoms with van der Waals surface area (Å²) in [4.78, 5) is 45.5. The summed E-state index contributed by atoms with van der Waals surface area (Å²) < 4.78 is 4.39. The van der Waals surface area contributed by atoms with E-state index in [1.165, 1.54) is 12.1 Å². The molecule has 0 bridgehead atoms. The molecular formula is C18H10O8. The molecule has 130 valence electrons. The van der Waals surface area contributed by atoms with Gasteiger partial charge in [-0.05, 0) is 47.5 Å². The minimum Gasteiger partial charge on any atom is -0.478 e. The molecule has 0 fully saturated rings. The first-order chi connectivity index (χ1) is 12.2. The summed E-state index contributed by atoms with van der Waals surface area (Å²) in [7, 11) is 0. The Kier molecular flexibility index (Phi) is 5.04. The lowest BCUT2D eigenvalue weighted by atomic mass is 9.96. The normalized spacial score (nSPS) is 9.81. The minimum atomic E-state index is -1.37. The Hall–Kier alpha value is -4.12. The zero-order valence-electron chi connectivity index (χ0n) is 12.9. The number of ether oxygens (including phenoxy) is 1. The topological polar surface area (TPSA) is 138 Å². The Balaban J connectivity index is 2.72. The van der Waals surface area contributed by atoms with Crippen LogP contribution in [-0.4, -0.2) is 39.2 Å². The van der Waals surface area contributed by atoms with Crippen LogP contribution < -0.4 is 0 Å². The standard InChI is InChI=1S/C18H10O8/c1-2-26-18(25)14-6-10(5-13(8-14)17(23)24)9-3-11(15(19)20)7-12(4-9)16(21)22/h1,3-8H,(H,19,20)(H,21,22)(H,23,24). The van der Waals surface area contributed by atoms with Crippen LogP contribution in [0.25, 0.3) is 11.1 Å². The second-order valence-corrected chi connectivity index (χ2v) is 5.02. The number of esters is 1. The average molecular weight is 354 g/mol. The lowest BCUT2D eigenvalue weighted by Crippen LogP contribution is -2.06. The molecule has 0 atom stereocenters. The first kappa shape index (κ1) is 18.2. The third kappa shape index (κ3) is 3.85. The minimum absolute atomic E-state index is 0.0974. The van der Waals surface area contributed by atoms with Crippen LogP contribution in [0.3, 0.4) is 0 Å². The van der Waals surface area contributed by atoms with Crippen LogP contribution in [0, 0.1) is 12.5 Å². The number of carbonyl (C=O) groups is 4. The van der Waals surface area contributed by atoms with E-state index in [-0.39, 0.29) is 33.4 Å². The highest BCUT2D eigenvalue weighted by molar-refractivity contribution is 5.99. The molecule has 8 heteroatoms. The third-order valence-corrected chi connectivity index (χ3v) is 3.33. The van der Waals surface area contributed by atoms with Gasteiger partial charge >= 0.3 is 23.9 Å². The summed E-state index contributed by atoms with van der Waals surface area (Å²) in [6.45, 7) is 0. The van der Waals surface area contributed by atoms with Crippen molar-refractivity contribution in [2.75, 3.05) is 0 Å². The Labute approximate surface area is 146 Å². The van der Waals surface area contributed by atoms with Crippen molar-refractivity contribution in [3.63, 3.8) is 0 Å². The number of rotatable bonds is 5. The zero-order chi connectivity index (χ0) is 19.4. The number of hydrogen-bond acceptors (Lipinski definition) is 5. The van der Waals surface area contributed by atoms with Gasteiger partial charge in [0.05, 0.1) is 22.3 Å². The van der Waals surface area contributed by atoms with Gasteiger partial charge in [-0.3, -0.25) is 0 Å². The molecule has 2 aromatic carbocycles. The number of benzene rings is 2. The number of carboxylic acids is 3. The van der Waals surface area contributed by atoms with Crippen LogP contribution in [0.4, 0.5) is 0 Å². The average Bonchev–Trinajstić information content (AvgIpc) is 2.60. The fraction of sp³-hybridized carbons (Fsp3) is 0. The number of carboxylic acid groups (broad SMARTS) is 3. The lowest BCUT2D eigenvalue weighted by Gasteiger charge is -2.09. The number of hydrogen-bond donors (Lipinski definition) is 3. The Morgan fingerprint density at radius 3 is 1.38 bits per heavy atom. The lowest BCUT2D eigenvalue weighted by molar-refractivity contribution is 0.0674. The Morgan fingerprint density at radius 2 is 1.04 bits per heavy atom. The van der Waals surface area contributed by atoms with Crippen molar-refractivity contribution < 1.29 is 39.2 Å². The molecule has 2 aromatic rings. The predicted octanol–water partition coefficient (Wildman–Crippen LogP) is 2.20. The quantitative estimate of drug-likeness (QED) is 0.549. The van der Waals surface area contributed by atoms with E-state index in [0.717, 1.165) is 24.3 Å². The highest BCUT2D eigenvalue weighted by atomic mass is 16.5. The molecule has 3 N–H and O–H groups in total. The SMILES string of the molecule is C#COC(=O)c1cc(C(=O)O)cc(-c2cc(C(=O)O)cc(C(=O)O)c2)c1. The van der Waals surface area contributed by atoms with Gasteiger partial charge in [-0.15, -0.1) is 0 Å². The summed E-state index contributed by atoms with van der Waals surface area (Å²) in [6, 6.07) is 6.70. The first-order valence-electron chi connectivity index (χ1n) is 6.90. The molecular weight excluding hydrogens is 344 g/mol. The van der Waals surface area contributed by atoms with Gasteiger partial charge in [0.15, 0.2) is 0 Å². The molecule has 0 saturated heterocycles. The van der Waals surface area contributed by atoms with E-state index in [1.54, 1.807) is 6.11 Å². The summed E-state index contributed by atoms with van der Waals surface area (Å²) in [6.07, 6.45) is 6.55. The van der Waals surface area contributed by atoms with Crippen LogP contribution in [0.1, 0.15) is 41.4 Å². The second kappa shape index (κ2) is 7.19. The van der Waals surface area contributed by atoms with E-state index in [4.69, 9.17) is 16.6 Å². The van der Waals surface area contributed by atoms with Crippen LogP contribution in [0.2, 0.25) is 0 Å². The van der Waals surface area contributed by atoms with Crippen LogP contribution >= 0.6 is 0 Å². The molecule has 0 aliphatic heterocycles. The molecule has 0 saturated carbocycles. The maximum atomic E-state index is 11.8. The van der Waals surface area contributed by atoms with Crippen molar-refractivity contribution >= 4 is 23.9 Å². The highest BCUT2D eigenvalue weighted by Gasteiger charge is 2.17. The van der Waals surface area contributed by atoms with E-state index in [9.17, 15) is 24.3 Å². The van der Waals surface area contributed by atoms with Crippen molar-refractivity contribution in [1.29, 1.82) is 0 Å². The van der Waals surface area contributed by atoms with Gasteiger partial charge in [-0.25, -0.2) is 19.2 Å². The molecule has 0 heterocycles. The van der Waals surface area contributed by atoms with Gasteiger partial charge in [0.25, 0.3) is 0 Å². The summed E-state index contributed by atoms with van der Waals surface area (Å²) >= 11 is 0. The Morgan fingerprint density at radius 1 is 0.692 bits per heavy atom. The molecule has 0 amide bonds. The largest absolute Gasteiger partial charge is 0.478 e. The van der Waals surface area contributed by atoms with Crippen molar-refractivity contribution in [2.45, 2.75) is 0 Å². The van der Waals surface area contributed by atoms with Crippen LogP contribution in [-0.2, 0) is 4.74 Å². The smallest absolute Gasteiger partial charge is 0.352 e. The van der Waals surface area contributed by atoms with Crippen molar-refractivity contribution in [1.82, 2.24) is 0 Å². The number of terminal acetylenes is 1. The zero-order valence-corrected chi connectivity index (χ0v) is 12.9. The third-order valence-electron chi connectivity index (χ3n) is 3.33. The summed E-state index contributed by atoms with van der Waals surface area (Å²) in [5, 5.41) is 27.5. The van der Waals surface area contributed by atoms with Gasteiger partial charge in [-0.2, -0.15) is 0 Å². The Bertz CT molecular complexity index is 949. The van der Waals surface area contributed by atoms with E-state index in [0.29, 0.717) is 0 Å². The van der Waals surface area contributed by atoms with Crippen LogP contribution in [0.5, 0.6) is 0 Å². The predicted molar refractivity (Wildman–Crippen MR) is 87.0 cm³/mol. The number of aromatic carboxylic acids is 3. The molecule has 0 aliphatic rings. The molecule has 0 spiro atoms. The molecule has 0 aromatic heterocycles. The van der Waals surface area contributed by atoms with Crippen molar-refractivity contribution in [3.05, 3.63) is 58.7 Å². The van der Waals surface area contributed by atoms with Gasteiger partial charge < -0.3 is 20.1 Å². The van der Waals surface area contributed by atoms with Gasteiger partial charge in [-0.1, -0.05) is 6.42 Å². The van der Waals surface area contributed by atoms with Gasteiger partial charge in [0, 0.05) is 0 Å². The fourth-order valence-corrected chi connectivity index (χ4v) is 2.19. The molecule has 2 rings (SSSR count). The van der Waals surface area contributed by atoms with Gasteiger partial charge in [0.2, 0.25) is 0 Å². The highest BCUT2D eigenvalue weighted by Crippen LogP contribution is 2.26. The molecule has 0 unspecified atom stereocenters. The van der Waals surface area contributed by atoms with E-state index < -0.39 is 23.9 Å². The van der Waals surface area contributed by atoms with E-state index in [1.807, 2.05) is 0 Å². The monoisotopic (exact) mass is 354 g/mol. The van der Waals surface area contributed by atoms with E-state index in [2.05, 4.69) is 4.74 Å². The van der Waals surface area contributed by atoms with Gasteiger partial charge in [0.1, 0.15) is 6.11 Å². The second-order valence-electron chi connectivity index (χ2n) is 5.02. The van der Waals surface area contributed by atoms with Crippen molar-refractivity contribution in [2.24, 2.45) is 0 Å². The summed E-state index contributed by atoms with van der Waals surface area (Å²) in [5.74, 6) is -5.06. The molecule has 0 aliphatic carbocycles. The number of carbonyl (C=O) groups excluding carboxylic acids is 1. The molecule has 26 heavy (non-hydrogen) atoms. The first-order valence-corrected chi connectivity index (χ1v) is 6.90. The maximum absolute atomic E-state index is 11.8. The maximum Gasteiger partial charge on any atom is 0.352 e.